The van der Waals surface area contributed by atoms with E-state index in [-0.39, 0.29) is 17.1 Å². The second-order valence-corrected chi connectivity index (χ2v) is 11.0. The Bertz CT molecular complexity index is 1320. The maximum Gasteiger partial charge on any atom is 0.418 e. The molecule has 2 aliphatic rings. The smallest absolute Gasteiger partial charge is 0.418 e. The number of amides is 2. The molecule has 0 bridgehead atoms. The van der Waals surface area contributed by atoms with Crippen molar-refractivity contribution >= 4 is 39.7 Å². The molecule has 0 aromatic carbocycles. The van der Waals surface area contributed by atoms with Gasteiger partial charge in [-0.2, -0.15) is 18.2 Å². The third-order valence-corrected chi connectivity index (χ3v) is 6.54. The van der Waals surface area contributed by atoms with E-state index in [0.29, 0.717) is 9.79 Å². The molecule has 0 spiro atoms. The summed E-state index contributed by atoms with van der Waals surface area (Å²) < 4.78 is 35.7. The second-order valence-electron chi connectivity index (χ2n) is 8.93. The third-order valence-electron chi connectivity index (χ3n) is 5.42. The first-order valence-electron chi connectivity index (χ1n) is 10.6. The number of nitrogens with one attached hydrogen (secondary N) is 2. The van der Waals surface area contributed by atoms with Gasteiger partial charge in [0.25, 0.3) is 11.8 Å². The lowest BCUT2D eigenvalue weighted by molar-refractivity contribution is -0.218. The Balaban J connectivity index is 1.89. The van der Waals surface area contributed by atoms with Gasteiger partial charge in [0.2, 0.25) is 5.43 Å². The molecule has 7 N–H and O–H groups in total. The number of pyridine rings is 1. The Morgan fingerprint density at radius 1 is 1.35 bits per heavy atom. The van der Waals surface area contributed by atoms with E-state index in [9.17, 15) is 33.1 Å². The zero-order chi connectivity index (χ0) is 27.9. The first-order valence-corrected chi connectivity index (χ1v) is 12.9. The van der Waals surface area contributed by atoms with Crippen LogP contribution in [-0.2, 0) is 29.1 Å². The zero-order valence-electron chi connectivity index (χ0n) is 20.0. The van der Waals surface area contributed by atoms with Crippen LogP contribution >= 0.6 is 11.8 Å². The van der Waals surface area contributed by atoms with E-state index < -0.39 is 62.5 Å². The van der Waals surface area contributed by atoms with E-state index in [1.54, 1.807) is 13.8 Å². The van der Waals surface area contributed by atoms with Crippen molar-refractivity contribution in [2.24, 2.45) is 16.8 Å². The number of nitrogens with zero attached hydrogens (tertiary/aromatic N) is 3. The number of hydrogen-bond acceptors (Lipinski definition) is 13. The minimum atomic E-state index is -4.99. The van der Waals surface area contributed by atoms with Gasteiger partial charge >= 0.3 is 10.4 Å². The first kappa shape index (κ1) is 28.3. The van der Waals surface area contributed by atoms with Gasteiger partial charge in [-0.3, -0.25) is 18.9 Å². The van der Waals surface area contributed by atoms with Crippen LogP contribution < -0.4 is 21.8 Å². The number of hydroxylamine groups is 2. The van der Waals surface area contributed by atoms with Crippen LogP contribution in [0.1, 0.15) is 39.5 Å². The molecule has 1 aromatic heterocycles. The quantitative estimate of drug-likeness (QED) is 0.0706. The van der Waals surface area contributed by atoms with Gasteiger partial charge in [-0.15, -0.1) is 4.28 Å². The van der Waals surface area contributed by atoms with Gasteiger partial charge in [0.1, 0.15) is 17.2 Å². The van der Waals surface area contributed by atoms with Crippen molar-refractivity contribution in [3.63, 3.8) is 0 Å². The molecular weight excluding hydrogens is 536 g/mol. The Hall–Kier alpha value is -3.32. The number of hydrogen-bond donors (Lipinski definition) is 6. The highest BCUT2D eigenvalue weighted by Gasteiger charge is 2.58. The summed E-state index contributed by atoms with van der Waals surface area (Å²) in [6.07, 6.45) is -0.278. The minimum absolute atomic E-state index is 0.0611. The number of aromatic hydroxyl groups is 1. The molecule has 1 aromatic rings. The second kappa shape index (κ2) is 10.2. The lowest BCUT2D eigenvalue weighted by Gasteiger charge is -2.50. The Kier molecular flexibility index (Phi) is 7.80. The molecule has 1 fully saturated rings. The van der Waals surface area contributed by atoms with Crippen LogP contribution in [0.15, 0.2) is 33.3 Å². The number of thioether (sulfide) groups is 1. The van der Waals surface area contributed by atoms with E-state index in [4.69, 9.17) is 15.1 Å². The summed E-state index contributed by atoms with van der Waals surface area (Å²) >= 11 is 1.13. The summed E-state index contributed by atoms with van der Waals surface area (Å²) in [5, 5.41) is 30.7. The van der Waals surface area contributed by atoms with Gasteiger partial charge in [-0.05, 0) is 19.8 Å². The van der Waals surface area contributed by atoms with Gasteiger partial charge in [0, 0.05) is 11.5 Å². The molecule has 16 nitrogen and oxygen atoms in total. The SMILES string of the molecule is CC(C)C(O/N=C(\C(=O)NC1C(=O)N(OS(=O)(=O)O)C1(C)C)C1=CSC(N)N1)c1cc(=O)c(O)cn1O. The number of oxime groups is 1. The van der Waals surface area contributed by atoms with Crippen LogP contribution in [0.2, 0.25) is 0 Å². The molecule has 2 aliphatic heterocycles. The van der Waals surface area contributed by atoms with Crippen molar-refractivity contribution in [1.82, 2.24) is 20.4 Å². The summed E-state index contributed by atoms with van der Waals surface area (Å²) in [6.45, 7) is 6.15. The average molecular weight is 563 g/mol. The molecule has 0 aliphatic carbocycles. The first-order chi connectivity index (χ1) is 17.0. The van der Waals surface area contributed by atoms with Crippen molar-refractivity contribution in [2.75, 3.05) is 0 Å². The standard InChI is InChI=1S/C19H26N6O10S2/c1-8(2)14(10-5-11(26)12(27)6-24(10)30)34-23-13(9-7-36-18(20)21-9)16(28)22-15-17(29)25(19(15,3)4)35-37(31,32)33/h5-8,14-15,18,21,27,30H,20H2,1-4H3,(H,22,28)(H,31,32,33)/b23-13-. The van der Waals surface area contributed by atoms with E-state index in [0.717, 1.165) is 24.0 Å². The molecule has 204 valence electrons. The number of rotatable bonds is 9. The predicted octanol–water partition coefficient (Wildman–Crippen LogP) is -0.879. The van der Waals surface area contributed by atoms with E-state index in [2.05, 4.69) is 20.1 Å². The van der Waals surface area contributed by atoms with Crippen LogP contribution in [0.25, 0.3) is 0 Å². The highest BCUT2D eigenvalue weighted by atomic mass is 32.3. The fourth-order valence-electron chi connectivity index (χ4n) is 3.49. The van der Waals surface area contributed by atoms with E-state index >= 15 is 0 Å². The third kappa shape index (κ3) is 5.99. The number of carbonyl (C=O) groups excluding carboxylic acids is 2. The molecule has 3 rings (SSSR count). The monoisotopic (exact) mass is 562 g/mol. The molecule has 3 atom stereocenters. The summed E-state index contributed by atoms with van der Waals surface area (Å²) in [4.78, 5) is 43.1. The average Bonchev–Trinajstić information content (AvgIpc) is 3.21. The Morgan fingerprint density at radius 2 is 2.00 bits per heavy atom. The van der Waals surface area contributed by atoms with Crippen molar-refractivity contribution < 1.29 is 42.0 Å². The number of aromatic nitrogens is 1. The van der Waals surface area contributed by atoms with Crippen molar-refractivity contribution in [1.29, 1.82) is 0 Å². The van der Waals surface area contributed by atoms with Gasteiger partial charge in [-0.25, -0.2) is 0 Å². The topological polar surface area (TPSA) is 235 Å². The van der Waals surface area contributed by atoms with Crippen LogP contribution in [0, 0.1) is 5.92 Å². The molecular formula is C19H26N6O10S2. The zero-order valence-corrected chi connectivity index (χ0v) is 21.6. The normalized spacial score (nSPS) is 22.2. The number of carbonyl (C=O) groups is 2. The number of nitrogens with two attached hydrogens (primary N) is 1. The van der Waals surface area contributed by atoms with Crippen molar-refractivity contribution in [3.8, 4) is 5.75 Å². The lowest BCUT2D eigenvalue weighted by Crippen LogP contribution is -2.77. The van der Waals surface area contributed by atoms with E-state index in [1.165, 1.54) is 19.3 Å². The van der Waals surface area contributed by atoms with Crippen LogP contribution in [0.4, 0.5) is 0 Å². The fourth-order valence-corrected chi connectivity index (χ4v) is 4.60. The van der Waals surface area contributed by atoms with Crippen molar-refractivity contribution in [3.05, 3.63) is 39.3 Å². The van der Waals surface area contributed by atoms with Gasteiger partial charge in [-0.1, -0.05) is 30.8 Å². The van der Waals surface area contributed by atoms with Crippen LogP contribution in [0.5, 0.6) is 5.75 Å². The molecule has 1 saturated heterocycles. The number of β-lactam (4-membered cyclic amide) rings is 1. The molecule has 18 heteroatoms. The fraction of sp³-hybridized carbons (Fsp3) is 0.474. The Labute approximate surface area is 214 Å². The van der Waals surface area contributed by atoms with Gasteiger partial charge < -0.3 is 31.5 Å². The molecule has 0 saturated carbocycles. The molecule has 2 amide bonds. The summed E-state index contributed by atoms with van der Waals surface area (Å²) in [5.74, 6) is -2.95. The maximum absolute atomic E-state index is 13.2. The summed E-state index contributed by atoms with van der Waals surface area (Å²) in [5.41, 5.74) is 2.76. The minimum Gasteiger partial charge on any atom is -0.503 e. The predicted molar refractivity (Wildman–Crippen MR) is 128 cm³/mol. The van der Waals surface area contributed by atoms with E-state index in [1.807, 2.05) is 0 Å². The summed E-state index contributed by atoms with van der Waals surface area (Å²) in [6, 6.07) is -0.316. The Morgan fingerprint density at radius 3 is 2.51 bits per heavy atom. The molecule has 37 heavy (non-hydrogen) atoms. The molecule has 3 heterocycles. The lowest BCUT2D eigenvalue weighted by atomic mass is 9.84. The highest BCUT2D eigenvalue weighted by Crippen LogP contribution is 2.33. The van der Waals surface area contributed by atoms with Crippen LogP contribution in [-0.4, -0.2) is 67.7 Å². The van der Waals surface area contributed by atoms with Gasteiger partial charge in [0.05, 0.1) is 17.4 Å². The molecule has 0 radical (unpaired) electrons. The summed E-state index contributed by atoms with van der Waals surface area (Å²) in [7, 11) is -4.99. The van der Waals surface area contributed by atoms with Gasteiger partial charge in [0.15, 0.2) is 17.6 Å². The maximum atomic E-state index is 13.2. The van der Waals surface area contributed by atoms with Crippen molar-refractivity contribution in [2.45, 2.75) is 50.9 Å². The molecule has 3 unspecified atom stereocenters. The van der Waals surface area contributed by atoms with Crippen LogP contribution in [0.3, 0.4) is 0 Å². The largest absolute Gasteiger partial charge is 0.503 e. The highest BCUT2D eigenvalue weighted by molar-refractivity contribution is 8.02.